The number of nitrogens with zero attached hydrogens (tertiary/aromatic N) is 2. The van der Waals surface area contributed by atoms with Crippen molar-refractivity contribution >= 4 is 27.9 Å². The second kappa shape index (κ2) is 14.0. The van der Waals surface area contributed by atoms with Crippen molar-refractivity contribution in [2.24, 2.45) is 0 Å². The number of aromatic nitrogens is 1. The molecule has 0 radical (unpaired) electrons. The Morgan fingerprint density at radius 3 is 2.15 bits per heavy atom. The Morgan fingerprint density at radius 2 is 1.55 bits per heavy atom. The number of oxazole rings is 1. The lowest BCUT2D eigenvalue weighted by molar-refractivity contribution is -0.0269. The number of carbonyl (C=O) groups is 2. The van der Waals surface area contributed by atoms with Crippen molar-refractivity contribution < 1.29 is 37.4 Å². The zero-order valence-electron chi connectivity index (χ0n) is 22.4. The zero-order chi connectivity index (χ0) is 29.3. The first-order chi connectivity index (χ1) is 19.0. The number of sulfonamides is 1. The molecule has 1 aromatic heterocycles. The van der Waals surface area contributed by atoms with Gasteiger partial charge in [-0.25, -0.2) is 12.7 Å². The highest BCUT2D eigenvalue weighted by Crippen LogP contribution is 2.17. The minimum Gasteiger partial charge on any atom is -0.430 e. The Morgan fingerprint density at radius 1 is 0.975 bits per heavy atom. The minimum absolute atomic E-state index is 0.127. The van der Waals surface area contributed by atoms with Crippen molar-refractivity contribution in [1.82, 2.24) is 15.6 Å². The second-order valence-electron chi connectivity index (χ2n) is 9.22. The van der Waals surface area contributed by atoms with Gasteiger partial charge in [-0.15, -0.1) is 0 Å². The van der Waals surface area contributed by atoms with E-state index in [2.05, 4.69) is 15.6 Å². The average molecular weight is 575 g/mol. The first-order valence-electron chi connectivity index (χ1n) is 12.5. The van der Waals surface area contributed by atoms with Crippen molar-refractivity contribution in [3.8, 4) is 0 Å². The van der Waals surface area contributed by atoms with E-state index in [9.17, 15) is 28.2 Å². The standard InChI is InChI=1S/C27H34N4O8S/c1-31(40(3,36)37)27-30-22(17-39-27)26(35)29-21(16-18-10-6-4-7-11-18)24(33)23(32)20(14-15-38-2)28-25(34)19-12-8-5-9-13-19/h4-13,17,20-21,23-24,32-33H,14-16H2,1-3H3,(H,28,34)(H,29,35)/t20-,21+,23-,24-/m1/s1. The highest BCUT2D eigenvalue weighted by molar-refractivity contribution is 7.92. The summed E-state index contributed by atoms with van der Waals surface area (Å²) in [4.78, 5) is 29.8. The number of carbonyl (C=O) groups excluding carboxylic acids is 2. The van der Waals surface area contributed by atoms with Crippen molar-refractivity contribution in [2.45, 2.75) is 37.1 Å². The van der Waals surface area contributed by atoms with Crippen LogP contribution < -0.4 is 14.9 Å². The normalized spacial score (nSPS) is 14.5. The van der Waals surface area contributed by atoms with Gasteiger partial charge in [0.25, 0.3) is 11.8 Å². The molecule has 0 saturated carbocycles. The molecule has 0 aliphatic carbocycles. The maximum atomic E-state index is 13.1. The molecule has 0 aliphatic heterocycles. The SMILES string of the molecule is COCC[C@@H](NC(=O)c1ccccc1)[C@@H](O)[C@H](O)[C@H](Cc1ccccc1)NC(=O)c1coc(N(C)S(C)(=O)=O)n1. The smallest absolute Gasteiger partial charge is 0.311 e. The largest absolute Gasteiger partial charge is 0.430 e. The Labute approximate surface area is 233 Å². The molecule has 13 heteroatoms. The van der Waals surface area contributed by atoms with Crippen LogP contribution in [-0.4, -0.2) is 86.7 Å². The van der Waals surface area contributed by atoms with Crippen LogP contribution in [0.4, 0.5) is 6.01 Å². The summed E-state index contributed by atoms with van der Waals surface area (Å²) in [6.45, 7) is 0.189. The van der Waals surface area contributed by atoms with Gasteiger partial charge in [0.15, 0.2) is 5.69 Å². The van der Waals surface area contributed by atoms with Gasteiger partial charge in [-0.1, -0.05) is 48.5 Å². The molecular formula is C27H34N4O8S. The summed E-state index contributed by atoms with van der Waals surface area (Å²) in [6.07, 6.45) is -0.767. The van der Waals surface area contributed by atoms with Crippen LogP contribution in [0.1, 0.15) is 32.8 Å². The molecule has 0 bridgehead atoms. The number of aliphatic hydroxyl groups excluding tert-OH is 2. The number of hydrogen-bond donors (Lipinski definition) is 4. The number of ether oxygens (including phenoxy) is 1. The molecule has 2 aromatic carbocycles. The number of benzene rings is 2. The molecule has 3 aromatic rings. The number of anilines is 1. The topological polar surface area (TPSA) is 171 Å². The van der Waals surface area contributed by atoms with Gasteiger partial charge in [-0.3, -0.25) is 9.59 Å². The fraction of sp³-hybridized carbons (Fsp3) is 0.370. The van der Waals surface area contributed by atoms with Gasteiger partial charge in [-0.2, -0.15) is 4.98 Å². The third kappa shape index (κ3) is 8.36. The van der Waals surface area contributed by atoms with E-state index >= 15 is 0 Å². The van der Waals surface area contributed by atoms with Crippen molar-refractivity contribution in [1.29, 1.82) is 0 Å². The van der Waals surface area contributed by atoms with E-state index in [0.29, 0.717) is 5.56 Å². The summed E-state index contributed by atoms with van der Waals surface area (Å²) >= 11 is 0. The van der Waals surface area contributed by atoms with Gasteiger partial charge in [0.05, 0.1) is 18.3 Å². The van der Waals surface area contributed by atoms with Crippen LogP contribution in [0.5, 0.6) is 0 Å². The zero-order valence-corrected chi connectivity index (χ0v) is 23.2. The third-order valence-electron chi connectivity index (χ3n) is 6.27. The fourth-order valence-corrected chi connectivity index (χ4v) is 4.28. The van der Waals surface area contributed by atoms with Crippen LogP contribution in [0.25, 0.3) is 0 Å². The molecule has 0 saturated heterocycles. The molecule has 4 N–H and O–H groups in total. The van der Waals surface area contributed by atoms with Gasteiger partial charge >= 0.3 is 6.01 Å². The number of methoxy groups -OCH3 is 1. The van der Waals surface area contributed by atoms with Gasteiger partial charge in [0.2, 0.25) is 10.0 Å². The molecule has 3 rings (SSSR count). The number of amides is 2. The number of aliphatic hydroxyl groups is 2. The third-order valence-corrected chi connectivity index (χ3v) is 7.42. The van der Waals surface area contributed by atoms with E-state index in [1.54, 1.807) is 54.6 Å². The van der Waals surface area contributed by atoms with E-state index in [1.165, 1.54) is 14.2 Å². The second-order valence-corrected chi connectivity index (χ2v) is 11.2. The molecule has 216 valence electrons. The maximum absolute atomic E-state index is 13.1. The molecule has 2 amide bonds. The first kappa shape index (κ1) is 30.8. The lowest BCUT2D eigenvalue weighted by atomic mass is 9.92. The van der Waals surface area contributed by atoms with Crippen molar-refractivity contribution in [3.63, 3.8) is 0 Å². The quantitative estimate of drug-likeness (QED) is 0.219. The molecule has 40 heavy (non-hydrogen) atoms. The molecule has 0 aliphatic rings. The van der Waals surface area contributed by atoms with Crippen LogP contribution in [0.15, 0.2) is 71.3 Å². The van der Waals surface area contributed by atoms with Gasteiger partial charge in [0.1, 0.15) is 18.5 Å². The van der Waals surface area contributed by atoms with Gasteiger partial charge < -0.3 is 30.0 Å². The Bertz CT molecular complexity index is 1350. The average Bonchev–Trinajstić information content (AvgIpc) is 3.44. The Hall–Kier alpha value is -3.78. The summed E-state index contributed by atoms with van der Waals surface area (Å²) in [5, 5.41) is 27.9. The van der Waals surface area contributed by atoms with E-state index in [4.69, 9.17) is 9.15 Å². The lowest BCUT2D eigenvalue weighted by Crippen LogP contribution is -2.57. The van der Waals surface area contributed by atoms with Crippen molar-refractivity contribution in [3.05, 3.63) is 83.7 Å². The molecule has 0 unspecified atom stereocenters. The molecule has 4 atom stereocenters. The Kier molecular flexibility index (Phi) is 10.8. The number of hydrogen-bond acceptors (Lipinski definition) is 9. The highest BCUT2D eigenvalue weighted by Gasteiger charge is 2.35. The van der Waals surface area contributed by atoms with E-state index < -0.39 is 46.1 Å². The van der Waals surface area contributed by atoms with Crippen LogP contribution in [-0.2, 0) is 21.2 Å². The predicted molar refractivity (Wildman–Crippen MR) is 147 cm³/mol. The molecule has 1 heterocycles. The predicted octanol–water partition coefficient (Wildman–Crippen LogP) is 0.968. The minimum atomic E-state index is -3.68. The summed E-state index contributed by atoms with van der Waals surface area (Å²) < 4.78 is 34.6. The van der Waals surface area contributed by atoms with E-state index in [0.717, 1.165) is 22.4 Å². The monoisotopic (exact) mass is 574 g/mol. The van der Waals surface area contributed by atoms with E-state index in [-0.39, 0.29) is 31.2 Å². The lowest BCUT2D eigenvalue weighted by Gasteiger charge is -2.32. The van der Waals surface area contributed by atoms with Gasteiger partial charge in [0, 0.05) is 26.3 Å². The summed E-state index contributed by atoms with van der Waals surface area (Å²) in [6, 6.07) is 15.2. The highest BCUT2D eigenvalue weighted by atomic mass is 32.2. The number of nitrogens with one attached hydrogen (secondary N) is 2. The summed E-state index contributed by atoms with van der Waals surface area (Å²) in [5.41, 5.74) is 0.915. The van der Waals surface area contributed by atoms with Crippen LogP contribution in [0.2, 0.25) is 0 Å². The van der Waals surface area contributed by atoms with Crippen LogP contribution >= 0.6 is 0 Å². The first-order valence-corrected chi connectivity index (χ1v) is 14.3. The Balaban J connectivity index is 1.83. The molecule has 0 fully saturated rings. The molecular weight excluding hydrogens is 540 g/mol. The molecule has 12 nitrogen and oxygen atoms in total. The van der Waals surface area contributed by atoms with Gasteiger partial charge in [-0.05, 0) is 30.5 Å². The van der Waals surface area contributed by atoms with Crippen LogP contribution in [0.3, 0.4) is 0 Å². The van der Waals surface area contributed by atoms with Crippen LogP contribution in [0, 0.1) is 0 Å². The van der Waals surface area contributed by atoms with Crippen molar-refractivity contribution in [2.75, 3.05) is 31.3 Å². The fourth-order valence-electron chi connectivity index (χ4n) is 3.91. The molecule has 0 spiro atoms. The summed E-state index contributed by atoms with van der Waals surface area (Å²) in [7, 11) is -0.972. The van der Waals surface area contributed by atoms with E-state index in [1.807, 2.05) is 6.07 Å². The number of rotatable bonds is 14. The summed E-state index contributed by atoms with van der Waals surface area (Å²) in [5.74, 6) is -1.20. The maximum Gasteiger partial charge on any atom is 0.311 e.